The van der Waals surface area contributed by atoms with Crippen LogP contribution in [0.15, 0.2) is 48.5 Å². The molecule has 0 saturated carbocycles. The Morgan fingerprint density at radius 1 is 1.23 bits per heavy atom. The molecule has 0 aliphatic carbocycles. The van der Waals surface area contributed by atoms with E-state index >= 15 is 0 Å². The lowest BCUT2D eigenvalue weighted by molar-refractivity contribution is -0.384. The van der Waals surface area contributed by atoms with Crippen LogP contribution in [0.1, 0.15) is 23.7 Å². The molecular weight excluding hydrogens is 284 g/mol. The Bertz CT molecular complexity index is 685. The number of carbonyl (C=O) groups is 1. The molecule has 0 radical (unpaired) electrons. The number of hydrogen-bond donors (Lipinski definition) is 1. The molecule has 6 nitrogen and oxygen atoms in total. The highest BCUT2D eigenvalue weighted by Crippen LogP contribution is 2.22. The first-order chi connectivity index (χ1) is 10.6. The summed E-state index contributed by atoms with van der Waals surface area (Å²) in [7, 11) is 0. The van der Waals surface area contributed by atoms with Crippen LogP contribution in [0, 0.1) is 10.1 Å². The fourth-order valence-corrected chi connectivity index (χ4v) is 1.89. The van der Waals surface area contributed by atoms with Gasteiger partial charge in [0.2, 0.25) is 0 Å². The van der Waals surface area contributed by atoms with Crippen molar-refractivity contribution in [3.63, 3.8) is 0 Å². The maximum Gasteiger partial charge on any atom is 0.271 e. The Hall–Kier alpha value is -2.89. The van der Waals surface area contributed by atoms with Crippen LogP contribution in [-0.4, -0.2) is 17.4 Å². The maximum atomic E-state index is 12.3. The minimum atomic E-state index is -0.506. The lowest BCUT2D eigenvalue weighted by atomic mass is 10.1. The fourth-order valence-electron chi connectivity index (χ4n) is 1.89. The molecule has 6 heteroatoms. The summed E-state index contributed by atoms with van der Waals surface area (Å²) in [4.78, 5) is 22.6. The van der Waals surface area contributed by atoms with Crippen LogP contribution in [0.2, 0.25) is 0 Å². The van der Waals surface area contributed by atoms with Crippen molar-refractivity contribution >= 4 is 17.3 Å². The second kappa shape index (κ2) is 7.21. The molecule has 0 fully saturated rings. The largest absolute Gasteiger partial charge is 0.493 e. The van der Waals surface area contributed by atoms with E-state index < -0.39 is 4.92 Å². The maximum absolute atomic E-state index is 12.3. The highest BCUT2D eigenvalue weighted by molar-refractivity contribution is 6.06. The van der Waals surface area contributed by atoms with Crippen LogP contribution in [0.4, 0.5) is 11.4 Å². The van der Waals surface area contributed by atoms with Gasteiger partial charge in [0.1, 0.15) is 5.75 Å². The minimum absolute atomic E-state index is 0.0756. The van der Waals surface area contributed by atoms with Crippen LogP contribution in [0.5, 0.6) is 5.75 Å². The van der Waals surface area contributed by atoms with Crippen molar-refractivity contribution in [3.8, 4) is 5.75 Å². The summed E-state index contributed by atoms with van der Waals surface area (Å²) >= 11 is 0. The van der Waals surface area contributed by atoms with Crippen molar-refractivity contribution in [2.24, 2.45) is 0 Å². The van der Waals surface area contributed by atoms with E-state index in [1.165, 1.54) is 18.2 Å². The Labute approximate surface area is 127 Å². The number of nitrogens with zero attached hydrogens (tertiary/aromatic N) is 1. The summed E-state index contributed by atoms with van der Waals surface area (Å²) in [6.07, 6.45) is 0.834. The van der Waals surface area contributed by atoms with Gasteiger partial charge < -0.3 is 10.1 Å². The molecule has 22 heavy (non-hydrogen) atoms. The van der Waals surface area contributed by atoms with Crippen molar-refractivity contribution < 1.29 is 14.5 Å². The summed E-state index contributed by atoms with van der Waals surface area (Å²) in [6.45, 7) is 2.49. The first-order valence-electron chi connectivity index (χ1n) is 6.89. The fraction of sp³-hybridized carbons (Fsp3) is 0.188. The lowest BCUT2D eigenvalue weighted by Crippen LogP contribution is -2.14. The molecule has 0 unspecified atom stereocenters. The third-order valence-electron chi connectivity index (χ3n) is 2.91. The van der Waals surface area contributed by atoms with Gasteiger partial charge in [-0.2, -0.15) is 0 Å². The van der Waals surface area contributed by atoms with Gasteiger partial charge in [-0.05, 0) is 24.6 Å². The molecule has 1 amide bonds. The highest BCUT2D eigenvalue weighted by Gasteiger charge is 2.13. The third kappa shape index (κ3) is 3.82. The highest BCUT2D eigenvalue weighted by atomic mass is 16.6. The Morgan fingerprint density at radius 3 is 2.73 bits per heavy atom. The number of nitro groups is 1. The standard InChI is InChI=1S/C16H16N2O4/c1-2-10-22-15-9-4-3-8-14(15)16(19)17-12-6-5-7-13(11-12)18(20)21/h3-9,11H,2,10H2,1H3,(H,17,19). The van der Waals surface area contributed by atoms with Crippen LogP contribution < -0.4 is 10.1 Å². The number of ether oxygens (including phenoxy) is 1. The number of non-ortho nitro benzene ring substituents is 1. The SMILES string of the molecule is CCCOc1ccccc1C(=O)Nc1cccc([N+](=O)[O-])c1. The van der Waals surface area contributed by atoms with E-state index in [1.54, 1.807) is 30.3 Å². The van der Waals surface area contributed by atoms with E-state index in [2.05, 4.69) is 5.32 Å². The number of benzene rings is 2. The summed E-state index contributed by atoms with van der Waals surface area (Å²) in [5, 5.41) is 13.4. The molecule has 114 valence electrons. The summed E-state index contributed by atoms with van der Waals surface area (Å²) < 4.78 is 5.54. The zero-order valence-electron chi connectivity index (χ0n) is 12.1. The molecule has 2 rings (SSSR count). The smallest absolute Gasteiger partial charge is 0.271 e. The summed E-state index contributed by atoms with van der Waals surface area (Å²) in [5.41, 5.74) is 0.681. The van der Waals surface area contributed by atoms with Gasteiger partial charge in [-0.1, -0.05) is 25.1 Å². The van der Waals surface area contributed by atoms with E-state index in [0.29, 0.717) is 23.6 Å². The molecule has 2 aromatic rings. The van der Waals surface area contributed by atoms with E-state index in [4.69, 9.17) is 4.74 Å². The van der Waals surface area contributed by atoms with Gasteiger partial charge in [0.05, 0.1) is 17.1 Å². The first kappa shape index (κ1) is 15.5. The molecule has 0 saturated heterocycles. The number of hydrogen-bond acceptors (Lipinski definition) is 4. The average molecular weight is 300 g/mol. The second-order valence-electron chi connectivity index (χ2n) is 4.61. The molecule has 0 heterocycles. The molecular formula is C16H16N2O4. The van der Waals surface area contributed by atoms with Gasteiger partial charge in [0.15, 0.2) is 0 Å². The molecule has 0 atom stereocenters. The zero-order valence-corrected chi connectivity index (χ0v) is 12.1. The Morgan fingerprint density at radius 2 is 2.00 bits per heavy atom. The molecule has 0 aliphatic heterocycles. The van der Waals surface area contributed by atoms with Gasteiger partial charge in [-0.15, -0.1) is 0 Å². The quantitative estimate of drug-likeness (QED) is 0.652. The molecule has 0 spiro atoms. The van der Waals surface area contributed by atoms with Gasteiger partial charge in [-0.25, -0.2) is 0 Å². The molecule has 2 aromatic carbocycles. The normalized spacial score (nSPS) is 10.0. The van der Waals surface area contributed by atoms with Crippen molar-refractivity contribution in [1.29, 1.82) is 0 Å². The monoisotopic (exact) mass is 300 g/mol. The second-order valence-corrected chi connectivity index (χ2v) is 4.61. The van der Waals surface area contributed by atoms with Crippen molar-refractivity contribution in [2.45, 2.75) is 13.3 Å². The molecule has 0 aromatic heterocycles. The number of para-hydroxylation sites is 1. The van der Waals surface area contributed by atoms with Gasteiger partial charge >= 0.3 is 0 Å². The van der Waals surface area contributed by atoms with Crippen LogP contribution in [0.3, 0.4) is 0 Å². The summed E-state index contributed by atoms with van der Waals surface area (Å²) in [6, 6.07) is 12.7. The van der Waals surface area contributed by atoms with Gasteiger partial charge in [-0.3, -0.25) is 14.9 Å². The van der Waals surface area contributed by atoms with E-state index in [9.17, 15) is 14.9 Å². The predicted octanol–water partition coefficient (Wildman–Crippen LogP) is 3.64. The number of carbonyl (C=O) groups excluding carboxylic acids is 1. The topological polar surface area (TPSA) is 81.5 Å². The van der Waals surface area contributed by atoms with E-state index in [0.717, 1.165) is 6.42 Å². The first-order valence-corrected chi connectivity index (χ1v) is 6.89. The van der Waals surface area contributed by atoms with E-state index in [-0.39, 0.29) is 11.6 Å². The van der Waals surface area contributed by atoms with Crippen molar-refractivity contribution in [3.05, 3.63) is 64.2 Å². The van der Waals surface area contributed by atoms with E-state index in [1.807, 2.05) is 6.92 Å². The third-order valence-corrected chi connectivity index (χ3v) is 2.91. The number of rotatable bonds is 6. The Balaban J connectivity index is 2.19. The zero-order chi connectivity index (χ0) is 15.9. The number of nitro benzene ring substituents is 1. The Kier molecular flexibility index (Phi) is 5.08. The van der Waals surface area contributed by atoms with Crippen molar-refractivity contribution in [1.82, 2.24) is 0 Å². The minimum Gasteiger partial charge on any atom is -0.493 e. The lowest BCUT2D eigenvalue weighted by Gasteiger charge is -2.11. The molecule has 0 bridgehead atoms. The average Bonchev–Trinajstić information content (AvgIpc) is 2.53. The van der Waals surface area contributed by atoms with Crippen LogP contribution >= 0.6 is 0 Å². The van der Waals surface area contributed by atoms with Gasteiger partial charge in [0, 0.05) is 17.8 Å². The number of anilines is 1. The van der Waals surface area contributed by atoms with Gasteiger partial charge in [0.25, 0.3) is 11.6 Å². The predicted molar refractivity (Wildman–Crippen MR) is 83.3 cm³/mol. The number of nitrogens with one attached hydrogen (secondary N) is 1. The summed E-state index contributed by atoms with van der Waals surface area (Å²) in [5.74, 6) is 0.125. The molecule has 0 aliphatic rings. The van der Waals surface area contributed by atoms with Crippen LogP contribution in [0.25, 0.3) is 0 Å². The van der Waals surface area contributed by atoms with Crippen LogP contribution in [-0.2, 0) is 0 Å². The number of amides is 1. The van der Waals surface area contributed by atoms with Crippen molar-refractivity contribution in [2.75, 3.05) is 11.9 Å². The molecule has 1 N–H and O–H groups in total.